The van der Waals surface area contributed by atoms with Crippen LogP contribution in [0.4, 0.5) is 23.2 Å². The van der Waals surface area contributed by atoms with Gasteiger partial charge in [0.15, 0.2) is 0 Å². The largest absolute Gasteiger partial charge is 0.497 e. The third-order valence-corrected chi connectivity index (χ3v) is 5.59. The molecule has 0 atom stereocenters. The van der Waals surface area contributed by atoms with Crippen LogP contribution in [-0.4, -0.2) is 20.1 Å². The number of fused-ring (bicyclic) bond motifs is 1. The van der Waals surface area contributed by atoms with Crippen molar-refractivity contribution in [2.75, 3.05) is 19.5 Å². The fourth-order valence-electron chi connectivity index (χ4n) is 3.82. The number of carbonyl (C=O) groups excluding carboxylic acids is 1. The zero-order chi connectivity index (χ0) is 26.0. The number of methoxy groups -OCH3 is 2. The number of hydrogen-bond donors (Lipinski definition) is 1. The van der Waals surface area contributed by atoms with E-state index in [1.165, 1.54) is 13.2 Å². The molecule has 0 saturated heterocycles. The molecule has 0 fully saturated rings. The molecular formula is C27H21F4NO4. The summed E-state index contributed by atoms with van der Waals surface area (Å²) in [6.07, 6.45) is -2.04. The van der Waals surface area contributed by atoms with Crippen molar-refractivity contribution >= 4 is 28.1 Å². The highest BCUT2D eigenvalue weighted by Crippen LogP contribution is 2.38. The van der Waals surface area contributed by atoms with Gasteiger partial charge in [-0.15, -0.1) is 0 Å². The van der Waals surface area contributed by atoms with Crippen LogP contribution in [0.2, 0.25) is 0 Å². The molecule has 1 amide bonds. The fourth-order valence-corrected chi connectivity index (χ4v) is 3.82. The molecule has 3 aromatic carbocycles. The molecule has 0 aliphatic heterocycles. The molecule has 0 saturated carbocycles. The zero-order valence-electron chi connectivity index (χ0n) is 19.5. The van der Waals surface area contributed by atoms with Crippen molar-refractivity contribution in [2.45, 2.75) is 13.1 Å². The van der Waals surface area contributed by atoms with Gasteiger partial charge in [-0.2, -0.15) is 13.2 Å². The highest BCUT2D eigenvalue weighted by Gasteiger charge is 2.34. The number of hydrogen-bond acceptors (Lipinski definition) is 4. The Morgan fingerprint density at radius 3 is 2.50 bits per heavy atom. The van der Waals surface area contributed by atoms with E-state index in [1.807, 2.05) is 30.3 Å². The van der Waals surface area contributed by atoms with Gasteiger partial charge < -0.3 is 19.2 Å². The lowest BCUT2D eigenvalue weighted by Gasteiger charge is -2.12. The molecule has 0 radical (unpaired) electrons. The Kier molecular flexibility index (Phi) is 6.74. The molecule has 4 rings (SSSR count). The highest BCUT2D eigenvalue weighted by atomic mass is 19.4. The first kappa shape index (κ1) is 24.8. The first-order chi connectivity index (χ1) is 17.1. The van der Waals surface area contributed by atoms with Crippen molar-refractivity contribution in [3.05, 3.63) is 83.9 Å². The van der Waals surface area contributed by atoms with Gasteiger partial charge in [0.05, 0.1) is 26.0 Å². The minimum absolute atomic E-state index is 0.185. The Hall–Kier alpha value is -4.27. The van der Waals surface area contributed by atoms with Crippen LogP contribution in [0, 0.1) is 5.82 Å². The Bertz CT molecular complexity index is 1470. The van der Waals surface area contributed by atoms with Gasteiger partial charge in [-0.25, -0.2) is 4.39 Å². The van der Waals surface area contributed by atoms with E-state index in [9.17, 15) is 22.4 Å². The second kappa shape index (κ2) is 9.77. The van der Waals surface area contributed by atoms with Crippen molar-refractivity contribution in [1.29, 1.82) is 0 Å². The summed E-state index contributed by atoms with van der Waals surface area (Å²) in [5.74, 6) is -0.985. The van der Waals surface area contributed by atoms with Crippen LogP contribution in [0.15, 0.2) is 71.4 Å². The van der Waals surface area contributed by atoms with E-state index in [1.54, 1.807) is 26.4 Å². The Labute approximate surface area is 203 Å². The number of benzene rings is 3. The molecule has 4 aromatic rings. The Balaban J connectivity index is 1.68. The standard InChI is InChI=1S/C27H21F4NO4/c1-15(9-26(33)32-17-7-8-23(28)22(11-17)27(29,30)31)19-12-20-21(14-36-25(20)13-24(19)35-3)16-5-4-6-18(10-16)34-2/h4-14H,1-3H3,(H,32,33)/b15-9+. The summed E-state index contributed by atoms with van der Waals surface area (Å²) >= 11 is 0. The topological polar surface area (TPSA) is 60.7 Å². The maximum atomic E-state index is 13.5. The second-order valence-electron chi connectivity index (χ2n) is 7.94. The summed E-state index contributed by atoms with van der Waals surface area (Å²) in [5, 5.41) is 3.11. The van der Waals surface area contributed by atoms with Gasteiger partial charge in [0.2, 0.25) is 5.91 Å². The number of anilines is 1. The number of carbonyl (C=O) groups is 1. The van der Waals surface area contributed by atoms with Crippen LogP contribution in [0.25, 0.3) is 27.7 Å². The van der Waals surface area contributed by atoms with Crippen LogP contribution in [0.5, 0.6) is 11.5 Å². The predicted molar refractivity (Wildman–Crippen MR) is 128 cm³/mol. The van der Waals surface area contributed by atoms with E-state index in [2.05, 4.69) is 5.32 Å². The molecule has 1 aromatic heterocycles. The smallest absolute Gasteiger partial charge is 0.419 e. The van der Waals surface area contributed by atoms with Crippen molar-refractivity contribution in [1.82, 2.24) is 0 Å². The van der Waals surface area contributed by atoms with Gasteiger partial charge in [0.1, 0.15) is 22.9 Å². The molecule has 0 spiro atoms. The number of alkyl halides is 3. The number of allylic oxidation sites excluding steroid dienone is 1. The molecule has 0 aliphatic rings. The van der Waals surface area contributed by atoms with Crippen molar-refractivity contribution < 1.29 is 36.2 Å². The molecule has 0 bridgehead atoms. The summed E-state index contributed by atoms with van der Waals surface area (Å²) in [5.41, 5.74) is 1.66. The lowest BCUT2D eigenvalue weighted by molar-refractivity contribution is -0.140. The molecular weight excluding hydrogens is 478 g/mol. The maximum absolute atomic E-state index is 13.5. The molecule has 9 heteroatoms. The number of amides is 1. The Morgan fingerprint density at radius 2 is 1.81 bits per heavy atom. The van der Waals surface area contributed by atoms with Gasteiger partial charge in [0.25, 0.3) is 0 Å². The minimum atomic E-state index is -4.88. The van der Waals surface area contributed by atoms with Gasteiger partial charge in [0, 0.05) is 34.3 Å². The lowest BCUT2D eigenvalue weighted by Crippen LogP contribution is -2.12. The van der Waals surface area contributed by atoms with Gasteiger partial charge in [-0.05, 0) is 54.5 Å². The SMILES string of the molecule is COc1cccc(-c2coc3cc(OC)c(/C(C)=C/C(=O)Nc4ccc(F)c(C(F)(F)F)c4)cc23)c1. The number of ether oxygens (including phenoxy) is 2. The van der Waals surface area contributed by atoms with E-state index < -0.39 is 23.5 Å². The Morgan fingerprint density at radius 1 is 1.03 bits per heavy atom. The maximum Gasteiger partial charge on any atom is 0.419 e. The number of rotatable bonds is 6. The third-order valence-electron chi connectivity index (χ3n) is 5.59. The average molecular weight is 499 g/mol. The average Bonchev–Trinajstić information content (AvgIpc) is 3.26. The van der Waals surface area contributed by atoms with Crippen LogP contribution in [0.1, 0.15) is 18.1 Å². The first-order valence-corrected chi connectivity index (χ1v) is 10.7. The zero-order valence-corrected chi connectivity index (χ0v) is 19.5. The van der Waals surface area contributed by atoms with Gasteiger partial charge >= 0.3 is 6.18 Å². The second-order valence-corrected chi connectivity index (χ2v) is 7.94. The van der Waals surface area contributed by atoms with Crippen LogP contribution in [-0.2, 0) is 11.0 Å². The first-order valence-electron chi connectivity index (χ1n) is 10.7. The molecule has 0 aliphatic carbocycles. The summed E-state index contributed by atoms with van der Waals surface area (Å²) in [7, 11) is 3.05. The third kappa shape index (κ3) is 5.05. The molecule has 1 N–H and O–H groups in total. The van der Waals surface area contributed by atoms with E-state index in [4.69, 9.17) is 13.9 Å². The predicted octanol–water partition coefficient (Wildman–Crippen LogP) is 7.32. The summed E-state index contributed by atoms with van der Waals surface area (Å²) in [4.78, 5) is 12.6. The van der Waals surface area contributed by atoms with E-state index in [0.717, 1.165) is 22.6 Å². The van der Waals surface area contributed by atoms with Crippen molar-refractivity contribution in [2.24, 2.45) is 0 Å². The highest BCUT2D eigenvalue weighted by molar-refractivity contribution is 6.05. The van der Waals surface area contributed by atoms with Crippen LogP contribution < -0.4 is 14.8 Å². The van der Waals surface area contributed by atoms with Crippen LogP contribution >= 0.6 is 0 Å². The molecule has 0 unspecified atom stereocenters. The minimum Gasteiger partial charge on any atom is -0.497 e. The normalized spacial score (nSPS) is 12.0. The number of nitrogens with one attached hydrogen (secondary N) is 1. The van der Waals surface area contributed by atoms with E-state index in [0.29, 0.717) is 40.4 Å². The van der Waals surface area contributed by atoms with Crippen molar-refractivity contribution in [3.63, 3.8) is 0 Å². The molecule has 1 heterocycles. The van der Waals surface area contributed by atoms with E-state index >= 15 is 0 Å². The molecule has 186 valence electrons. The fraction of sp³-hybridized carbons (Fsp3) is 0.148. The van der Waals surface area contributed by atoms with Gasteiger partial charge in [-0.3, -0.25) is 4.79 Å². The lowest BCUT2D eigenvalue weighted by atomic mass is 9.99. The monoisotopic (exact) mass is 499 g/mol. The van der Waals surface area contributed by atoms with Gasteiger partial charge in [-0.1, -0.05) is 12.1 Å². The van der Waals surface area contributed by atoms with Crippen LogP contribution in [0.3, 0.4) is 0 Å². The quantitative estimate of drug-likeness (QED) is 0.223. The molecule has 5 nitrogen and oxygen atoms in total. The van der Waals surface area contributed by atoms with E-state index in [-0.39, 0.29) is 5.69 Å². The number of halogens is 4. The number of furan rings is 1. The molecule has 36 heavy (non-hydrogen) atoms. The summed E-state index contributed by atoms with van der Waals surface area (Å²) < 4.78 is 69.0. The summed E-state index contributed by atoms with van der Waals surface area (Å²) in [6, 6.07) is 13.2. The summed E-state index contributed by atoms with van der Waals surface area (Å²) in [6.45, 7) is 1.67. The van der Waals surface area contributed by atoms with Crippen molar-refractivity contribution in [3.8, 4) is 22.6 Å².